The van der Waals surface area contributed by atoms with Gasteiger partial charge < -0.3 is 15.5 Å². The molecule has 0 radical (unpaired) electrons. The van der Waals surface area contributed by atoms with Crippen LogP contribution in [0.15, 0.2) is 41.5 Å². The van der Waals surface area contributed by atoms with Crippen LogP contribution in [-0.4, -0.2) is 38.6 Å². The van der Waals surface area contributed by atoms with E-state index >= 15 is 0 Å². The zero-order chi connectivity index (χ0) is 15.1. The lowest BCUT2D eigenvalue weighted by atomic mass is 10.0. The minimum Gasteiger partial charge on any atom is -0.372 e. The summed E-state index contributed by atoms with van der Waals surface area (Å²) in [6.45, 7) is 8.44. The van der Waals surface area contributed by atoms with Crippen molar-refractivity contribution < 1.29 is 4.79 Å². The van der Waals surface area contributed by atoms with E-state index in [1.54, 1.807) is 0 Å². The molecule has 0 bridgehead atoms. The standard InChI is InChI=1S/C17H25N3O/c1-3-20(16-8-5-4-6-9-16)11-7-10-19-17(21)14(2)15-12-18-13-15/h4-6,8-9,18H,3,7,10-13H2,1-2H3,(H,19,21). The van der Waals surface area contributed by atoms with Gasteiger partial charge in [-0.05, 0) is 38.0 Å². The van der Waals surface area contributed by atoms with Crippen LogP contribution in [0, 0.1) is 0 Å². The molecule has 2 rings (SSSR count). The lowest BCUT2D eigenvalue weighted by Gasteiger charge is -2.23. The highest BCUT2D eigenvalue weighted by Gasteiger charge is 2.15. The van der Waals surface area contributed by atoms with Gasteiger partial charge >= 0.3 is 0 Å². The number of hydrogen-bond acceptors (Lipinski definition) is 3. The van der Waals surface area contributed by atoms with E-state index in [1.165, 1.54) is 11.3 Å². The Kier molecular flexibility index (Phi) is 5.81. The van der Waals surface area contributed by atoms with E-state index in [-0.39, 0.29) is 5.91 Å². The fourth-order valence-electron chi connectivity index (χ4n) is 2.39. The van der Waals surface area contributed by atoms with Crippen LogP contribution in [0.2, 0.25) is 0 Å². The lowest BCUT2D eigenvalue weighted by molar-refractivity contribution is -0.117. The second-order valence-electron chi connectivity index (χ2n) is 5.36. The number of rotatable bonds is 7. The van der Waals surface area contributed by atoms with Crippen LogP contribution in [-0.2, 0) is 4.79 Å². The first kappa shape index (κ1) is 15.6. The Bertz CT molecular complexity index is 490. The number of carbonyl (C=O) groups is 1. The number of nitrogens with one attached hydrogen (secondary N) is 2. The summed E-state index contributed by atoms with van der Waals surface area (Å²) in [5, 5.41) is 6.17. The molecule has 0 spiro atoms. The number of nitrogens with zero attached hydrogens (tertiary/aromatic N) is 1. The highest BCUT2D eigenvalue weighted by atomic mass is 16.1. The first-order chi connectivity index (χ1) is 10.2. The molecular weight excluding hydrogens is 262 g/mol. The molecule has 1 aliphatic heterocycles. The zero-order valence-electron chi connectivity index (χ0n) is 13.0. The van der Waals surface area contributed by atoms with Crippen molar-refractivity contribution >= 4 is 11.6 Å². The summed E-state index contributed by atoms with van der Waals surface area (Å²) in [7, 11) is 0. The molecule has 4 nitrogen and oxygen atoms in total. The minimum absolute atomic E-state index is 0.0780. The Morgan fingerprint density at radius 2 is 2.00 bits per heavy atom. The fraction of sp³-hybridized carbons (Fsp3) is 0.471. The maximum atomic E-state index is 12.0. The molecule has 2 N–H and O–H groups in total. The van der Waals surface area contributed by atoms with Crippen LogP contribution < -0.4 is 15.5 Å². The number of para-hydroxylation sites is 1. The van der Waals surface area contributed by atoms with Gasteiger partial charge in [-0.2, -0.15) is 0 Å². The van der Waals surface area contributed by atoms with Crippen LogP contribution in [0.4, 0.5) is 5.69 Å². The van der Waals surface area contributed by atoms with E-state index in [1.807, 2.05) is 13.0 Å². The smallest absolute Gasteiger partial charge is 0.246 e. The Balaban J connectivity index is 1.72. The average molecular weight is 287 g/mol. The Morgan fingerprint density at radius 3 is 2.57 bits per heavy atom. The second kappa shape index (κ2) is 7.84. The summed E-state index contributed by atoms with van der Waals surface area (Å²) in [5.74, 6) is 0.0780. The topological polar surface area (TPSA) is 44.4 Å². The SMILES string of the molecule is CCN(CCCNC(=O)C(C)=C1CNC1)c1ccccc1. The van der Waals surface area contributed by atoms with Crippen LogP contribution in [0.5, 0.6) is 0 Å². The molecule has 114 valence electrons. The van der Waals surface area contributed by atoms with Gasteiger partial charge in [0.25, 0.3) is 0 Å². The quantitative estimate of drug-likeness (QED) is 0.595. The van der Waals surface area contributed by atoms with E-state index in [4.69, 9.17) is 0 Å². The van der Waals surface area contributed by atoms with Crippen LogP contribution in [0.3, 0.4) is 0 Å². The molecule has 1 heterocycles. The Morgan fingerprint density at radius 1 is 1.29 bits per heavy atom. The van der Waals surface area contributed by atoms with Gasteiger partial charge in [0.1, 0.15) is 0 Å². The normalized spacial score (nSPS) is 13.5. The fourth-order valence-corrected chi connectivity index (χ4v) is 2.39. The maximum absolute atomic E-state index is 12.0. The molecule has 1 aromatic rings. The molecule has 1 fully saturated rings. The highest BCUT2D eigenvalue weighted by Crippen LogP contribution is 2.13. The van der Waals surface area contributed by atoms with E-state index < -0.39 is 0 Å². The molecule has 21 heavy (non-hydrogen) atoms. The maximum Gasteiger partial charge on any atom is 0.246 e. The summed E-state index contributed by atoms with van der Waals surface area (Å²) in [6.07, 6.45) is 0.954. The van der Waals surface area contributed by atoms with Crippen molar-refractivity contribution in [1.29, 1.82) is 0 Å². The molecule has 1 aromatic carbocycles. The van der Waals surface area contributed by atoms with Gasteiger partial charge in [0.2, 0.25) is 5.91 Å². The molecule has 0 aliphatic carbocycles. The predicted molar refractivity (Wildman–Crippen MR) is 87.5 cm³/mol. The number of hydrogen-bond donors (Lipinski definition) is 2. The second-order valence-corrected chi connectivity index (χ2v) is 5.36. The Hall–Kier alpha value is -1.81. The lowest BCUT2D eigenvalue weighted by Crippen LogP contribution is -2.38. The summed E-state index contributed by atoms with van der Waals surface area (Å²) >= 11 is 0. The van der Waals surface area contributed by atoms with Crippen molar-refractivity contribution in [3.8, 4) is 0 Å². The summed E-state index contributed by atoms with van der Waals surface area (Å²) in [6, 6.07) is 10.4. The summed E-state index contributed by atoms with van der Waals surface area (Å²) < 4.78 is 0. The first-order valence-electron chi connectivity index (χ1n) is 7.70. The molecule has 0 saturated carbocycles. The van der Waals surface area contributed by atoms with Gasteiger partial charge in [0.05, 0.1) is 0 Å². The highest BCUT2D eigenvalue weighted by molar-refractivity contribution is 5.93. The predicted octanol–water partition coefficient (Wildman–Crippen LogP) is 1.94. The molecule has 1 amide bonds. The van der Waals surface area contributed by atoms with Gasteiger partial charge in [0.15, 0.2) is 0 Å². The van der Waals surface area contributed by atoms with Crippen molar-refractivity contribution in [3.05, 3.63) is 41.5 Å². The van der Waals surface area contributed by atoms with Crippen LogP contribution in [0.25, 0.3) is 0 Å². The number of anilines is 1. The van der Waals surface area contributed by atoms with E-state index in [0.29, 0.717) is 0 Å². The largest absolute Gasteiger partial charge is 0.372 e. The zero-order valence-corrected chi connectivity index (χ0v) is 13.0. The molecular formula is C17H25N3O. The molecule has 4 heteroatoms. The third-order valence-corrected chi connectivity index (χ3v) is 3.94. The minimum atomic E-state index is 0.0780. The van der Waals surface area contributed by atoms with Crippen molar-refractivity contribution in [2.24, 2.45) is 0 Å². The molecule has 0 unspecified atom stereocenters. The van der Waals surface area contributed by atoms with Crippen molar-refractivity contribution in [1.82, 2.24) is 10.6 Å². The van der Waals surface area contributed by atoms with Crippen LogP contribution >= 0.6 is 0 Å². The molecule has 1 aliphatic rings. The van der Waals surface area contributed by atoms with E-state index in [9.17, 15) is 4.79 Å². The van der Waals surface area contributed by atoms with E-state index in [2.05, 4.69) is 46.7 Å². The summed E-state index contributed by atoms with van der Waals surface area (Å²) in [4.78, 5) is 14.3. The van der Waals surface area contributed by atoms with E-state index in [0.717, 1.165) is 44.7 Å². The van der Waals surface area contributed by atoms with Gasteiger partial charge in [0, 0.05) is 44.0 Å². The van der Waals surface area contributed by atoms with Crippen molar-refractivity contribution in [3.63, 3.8) is 0 Å². The number of amides is 1. The van der Waals surface area contributed by atoms with Gasteiger partial charge in [-0.15, -0.1) is 0 Å². The molecule has 0 aromatic heterocycles. The third kappa shape index (κ3) is 4.33. The van der Waals surface area contributed by atoms with Crippen LogP contribution in [0.1, 0.15) is 20.3 Å². The number of benzene rings is 1. The van der Waals surface area contributed by atoms with Crippen molar-refractivity contribution in [2.75, 3.05) is 37.6 Å². The third-order valence-electron chi connectivity index (χ3n) is 3.94. The number of carbonyl (C=O) groups excluding carboxylic acids is 1. The van der Waals surface area contributed by atoms with Gasteiger partial charge in [-0.1, -0.05) is 18.2 Å². The monoisotopic (exact) mass is 287 g/mol. The summed E-state index contributed by atoms with van der Waals surface area (Å²) in [5.41, 5.74) is 3.35. The molecule has 0 atom stereocenters. The molecule has 1 saturated heterocycles. The Labute approximate surface area is 127 Å². The van der Waals surface area contributed by atoms with Gasteiger partial charge in [-0.3, -0.25) is 4.79 Å². The van der Waals surface area contributed by atoms with Gasteiger partial charge in [-0.25, -0.2) is 0 Å². The van der Waals surface area contributed by atoms with Crippen molar-refractivity contribution in [2.45, 2.75) is 20.3 Å². The first-order valence-corrected chi connectivity index (χ1v) is 7.70. The average Bonchev–Trinajstić information content (AvgIpc) is 2.46.